The molecule has 108 valence electrons. The summed E-state index contributed by atoms with van der Waals surface area (Å²) >= 11 is 11.4. The SMILES string of the molecule is CC1(C)C(C=C(Cl)Cl)C1C(=O)NCCc1ccccc1. The van der Waals surface area contributed by atoms with Crippen molar-refractivity contribution in [3.8, 4) is 0 Å². The number of rotatable bonds is 5. The number of amides is 1. The average Bonchev–Trinajstić information content (AvgIpc) is 2.91. The highest BCUT2D eigenvalue weighted by Crippen LogP contribution is 2.59. The molecule has 0 spiro atoms. The van der Waals surface area contributed by atoms with Gasteiger partial charge < -0.3 is 5.32 Å². The van der Waals surface area contributed by atoms with Gasteiger partial charge in [0.05, 0.1) is 5.92 Å². The molecule has 0 radical (unpaired) electrons. The normalized spacial score (nSPS) is 23.0. The van der Waals surface area contributed by atoms with Crippen molar-refractivity contribution >= 4 is 29.1 Å². The third-order valence-corrected chi connectivity index (χ3v) is 4.31. The van der Waals surface area contributed by atoms with Crippen molar-refractivity contribution in [1.82, 2.24) is 5.32 Å². The molecule has 2 unspecified atom stereocenters. The molecule has 4 heteroatoms. The van der Waals surface area contributed by atoms with E-state index in [0.717, 1.165) is 6.42 Å². The van der Waals surface area contributed by atoms with E-state index in [1.807, 2.05) is 18.2 Å². The van der Waals surface area contributed by atoms with Gasteiger partial charge >= 0.3 is 0 Å². The Kier molecular flexibility index (Phi) is 4.77. The fourth-order valence-electron chi connectivity index (χ4n) is 2.71. The summed E-state index contributed by atoms with van der Waals surface area (Å²) in [5, 5.41) is 3.00. The Bertz CT molecular complexity index is 506. The summed E-state index contributed by atoms with van der Waals surface area (Å²) < 4.78 is 0.239. The van der Waals surface area contributed by atoms with Crippen molar-refractivity contribution in [2.24, 2.45) is 17.3 Å². The van der Waals surface area contributed by atoms with Gasteiger partial charge in [-0.1, -0.05) is 67.4 Å². The summed E-state index contributed by atoms with van der Waals surface area (Å²) in [5.74, 6) is 0.178. The van der Waals surface area contributed by atoms with Crippen molar-refractivity contribution in [3.63, 3.8) is 0 Å². The Morgan fingerprint density at radius 1 is 1.30 bits per heavy atom. The first-order valence-electron chi connectivity index (χ1n) is 6.77. The zero-order valence-corrected chi connectivity index (χ0v) is 13.2. The van der Waals surface area contributed by atoms with Crippen LogP contribution in [0, 0.1) is 17.3 Å². The quantitative estimate of drug-likeness (QED) is 0.877. The van der Waals surface area contributed by atoms with Crippen LogP contribution in [0.5, 0.6) is 0 Å². The molecular formula is C16H19Cl2NO. The van der Waals surface area contributed by atoms with Gasteiger partial charge in [0.25, 0.3) is 0 Å². The third kappa shape index (κ3) is 3.56. The summed E-state index contributed by atoms with van der Waals surface area (Å²) in [5.41, 5.74) is 1.16. The lowest BCUT2D eigenvalue weighted by molar-refractivity contribution is -0.123. The first-order valence-corrected chi connectivity index (χ1v) is 7.53. The fourth-order valence-corrected chi connectivity index (χ4v) is 2.98. The molecule has 2 nitrogen and oxygen atoms in total. The van der Waals surface area contributed by atoms with Gasteiger partial charge in [-0.25, -0.2) is 0 Å². The molecule has 20 heavy (non-hydrogen) atoms. The lowest BCUT2D eigenvalue weighted by Crippen LogP contribution is -2.28. The van der Waals surface area contributed by atoms with E-state index in [1.165, 1.54) is 5.56 Å². The Balaban J connectivity index is 1.83. The zero-order chi connectivity index (χ0) is 14.8. The van der Waals surface area contributed by atoms with Gasteiger partial charge in [0.1, 0.15) is 4.49 Å². The summed E-state index contributed by atoms with van der Waals surface area (Å²) in [4.78, 5) is 12.2. The maximum Gasteiger partial charge on any atom is 0.224 e. The minimum absolute atomic E-state index is 0.0363. The van der Waals surface area contributed by atoms with Crippen LogP contribution in [0.2, 0.25) is 0 Å². The number of carbonyl (C=O) groups is 1. The van der Waals surface area contributed by atoms with Gasteiger partial charge in [-0.05, 0) is 29.4 Å². The van der Waals surface area contributed by atoms with Crippen LogP contribution in [-0.4, -0.2) is 12.5 Å². The van der Waals surface area contributed by atoms with Crippen LogP contribution in [0.4, 0.5) is 0 Å². The number of hydrogen-bond acceptors (Lipinski definition) is 1. The topological polar surface area (TPSA) is 29.1 Å². The second-order valence-corrected chi connectivity index (χ2v) is 6.82. The zero-order valence-electron chi connectivity index (χ0n) is 11.7. The van der Waals surface area contributed by atoms with Crippen molar-refractivity contribution in [2.75, 3.05) is 6.54 Å². The lowest BCUT2D eigenvalue weighted by Gasteiger charge is -2.06. The van der Waals surface area contributed by atoms with E-state index in [2.05, 4.69) is 31.3 Å². The lowest BCUT2D eigenvalue weighted by atomic mass is 10.1. The highest BCUT2D eigenvalue weighted by molar-refractivity contribution is 6.55. The third-order valence-electron chi connectivity index (χ3n) is 4.05. The van der Waals surface area contributed by atoms with Gasteiger partial charge in [-0.3, -0.25) is 4.79 Å². The number of halogens is 2. The largest absolute Gasteiger partial charge is 0.355 e. The Morgan fingerprint density at radius 3 is 2.55 bits per heavy atom. The molecular weight excluding hydrogens is 293 g/mol. The maximum absolute atomic E-state index is 12.2. The summed E-state index contributed by atoms with van der Waals surface area (Å²) in [6.07, 6.45) is 2.61. The highest BCUT2D eigenvalue weighted by Gasteiger charge is 2.60. The van der Waals surface area contributed by atoms with Crippen LogP contribution in [0.3, 0.4) is 0 Å². The predicted molar refractivity (Wildman–Crippen MR) is 83.7 cm³/mol. The first-order chi connectivity index (χ1) is 9.43. The molecule has 1 fully saturated rings. The molecule has 2 atom stereocenters. The number of nitrogens with one attached hydrogen (secondary N) is 1. The molecule has 1 aromatic carbocycles. The molecule has 0 aromatic heterocycles. The van der Waals surface area contributed by atoms with Crippen LogP contribution < -0.4 is 5.32 Å². The van der Waals surface area contributed by atoms with E-state index in [0.29, 0.717) is 6.54 Å². The molecule has 1 aliphatic rings. The van der Waals surface area contributed by atoms with Crippen LogP contribution in [0.25, 0.3) is 0 Å². The van der Waals surface area contributed by atoms with E-state index in [9.17, 15) is 4.79 Å². The first kappa shape index (κ1) is 15.4. The second-order valence-electron chi connectivity index (χ2n) is 5.81. The predicted octanol–water partition coefficient (Wildman–Crippen LogP) is 3.94. The molecule has 0 aliphatic heterocycles. The molecule has 1 N–H and O–H groups in total. The van der Waals surface area contributed by atoms with E-state index >= 15 is 0 Å². The smallest absolute Gasteiger partial charge is 0.224 e. The van der Waals surface area contributed by atoms with E-state index in [1.54, 1.807) is 6.08 Å². The molecule has 1 amide bonds. The second kappa shape index (κ2) is 6.19. The molecule has 2 rings (SSSR count). The van der Waals surface area contributed by atoms with Crippen LogP contribution >= 0.6 is 23.2 Å². The molecule has 1 aliphatic carbocycles. The number of carbonyl (C=O) groups excluding carboxylic acids is 1. The van der Waals surface area contributed by atoms with E-state index in [4.69, 9.17) is 23.2 Å². The Hall–Kier alpha value is -0.990. The van der Waals surface area contributed by atoms with Crippen LogP contribution in [0.1, 0.15) is 19.4 Å². The Labute approximate surface area is 130 Å². The van der Waals surface area contributed by atoms with Gasteiger partial charge in [0.2, 0.25) is 5.91 Å². The summed E-state index contributed by atoms with van der Waals surface area (Å²) in [6.45, 7) is 4.78. The van der Waals surface area contributed by atoms with Gasteiger partial charge in [-0.2, -0.15) is 0 Å². The maximum atomic E-state index is 12.2. The van der Waals surface area contributed by atoms with Gasteiger partial charge in [0, 0.05) is 6.54 Å². The average molecular weight is 312 g/mol. The van der Waals surface area contributed by atoms with Crippen molar-refractivity contribution in [2.45, 2.75) is 20.3 Å². The monoisotopic (exact) mass is 311 g/mol. The Morgan fingerprint density at radius 2 is 1.95 bits per heavy atom. The van der Waals surface area contributed by atoms with E-state index in [-0.39, 0.29) is 27.6 Å². The van der Waals surface area contributed by atoms with Gasteiger partial charge in [0.15, 0.2) is 0 Å². The standard InChI is InChI=1S/C16H19Cl2NO/c1-16(2)12(10-13(17)18)14(16)15(20)19-9-8-11-6-4-3-5-7-11/h3-7,10,12,14H,8-9H2,1-2H3,(H,19,20). The molecule has 1 saturated carbocycles. The molecule has 1 aromatic rings. The number of hydrogen-bond donors (Lipinski definition) is 1. The number of benzene rings is 1. The number of allylic oxidation sites excluding steroid dienone is 1. The molecule has 0 heterocycles. The summed E-state index contributed by atoms with van der Waals surface area (Å²) in [7, 11) is 0. The highest BCUT2D eigenvalue weighted by atomic mass is 35.5. The van der Waals surface area contributed by atoms with Gasteiger partial charge in [-0.15, -0.1) is 0 Å². The van der Waals surface area contributed by atoms with Crippen LogP contribution in [-0.2, 0) is 11.2 Å². The fraction of sp³-hybridized carbons (Fsp3) is 0.438. The van der Waals surface area contributed by atoms with Crippen molar-refractivity contribution in [1.29, 1.82) is 0 Å². The van der Waals surface area contributed by atoms with E-state index < -0.39 is 0 Å². The summed E-state index contributed by atoms with van der Waals surface area (Å²) in [6, 6.07) is 10.1. The van der Waals surface area contributed by atoms with Crippen LogP contribution in [0.15, 0.2) is 40.9 Å². The molecule has 0 saturated heterocycles. The minimum Gasteiger partial charge on any atom is -0.355 e. The minimum atomic E-state index is -0.0636. The van der Waals surface area contributed by atoms with Crippen molar-refractivity contribution < 1.29 is 4.79 Å². The van der Waals surface area contributed by atoms with Crippen molar-refractivity contribution in [3.05, 3.63) is 46.5 Å². The molecule has 0 bridgehead atoms.